The quantitative estimate of drug-likeness (QED) is 0.741. The number of ether oxygens (including phenoxy) is 1. The molecule has 2 aromatic rings. The first-order valence-corrected chi connectivity index (χ1v) is 11.1. The fourth-order valence-electron chi connectivity index (χ4n) is 3.54. The van der Waals surface area contributed by atoms with E-state index in [1.807, 2.05) is 6.92 Å². The van der Waals surface area contributed by atoms with Crippen molar-refractivity contribution in [2.75, 3.05) is 12.4 Å². The Balaban J connectivity index is 1.84. The zero-order valence-electron chi connectivity index (χ0n) is 16.4. The highest BCUT2D eigenvalue weighted by molar-refractivity contribution is 7.89. The van der Waals surface area contributed by atoms with Crippen LogP contribution in [0.2, 0.25) is 0 Å². The van der Waals surface area contributed by atoms with Crippen LogP contribution in [0.3, 0.4) is 0 Å². The molecule has 1 saturated carbocycles. The Hall–Kier alpha value is -2.45. The molecule has 1 amide bonds. The molecule has 0 spiro atoms. The van der Waals surface area contributed by atoms with E-state index in [1.54, 1.807) is 24.3 Å². The fourth-order valence-corrected chi connectivity index (χ4v) is 4.95. The lowest BCUT2D eigenvalue weighted by Gasteiger charge is -2.29. The van der Waals surface area contributed by atoms with E-state index in [9.17, 15) is 17.6 Å². The van der Waals surface area contributed by atoms with Crippen LogP contribution in [0.5, 0.6) is 5.75 Å². The molecule has 1 aliphatic carbocycles. The molecule has 1 aliphatic rings. The summed E-state index contributed by atoms with van der Waals surface area (Å²) in [6, 6.07) is 9.77. The van der Waals surface area contributed by atoms with Gasteiger partial charge in [-0.05, 0) is 49.1 Å². The van der Waals surface area contributed by atoms with E-state index in [2.05, 4.69) is 10.0 Å². The van der Waals surface area contributed by atoms with Crippen molar-refractivity contribution in [3.05, 3.63) is 53.8 Å². The van der Waals surface area contributed by atoms with Crippen LogP contribution in [0.1, 0.15) is 43.0 Å². The zero-order valence-corrected chi connectivity index (χ0v) is 17.3. The van der Waals surface area contributed by atoms with Crippen LogP contribution in [-0.2, 0) is 10.0 Å². The number of nitrogens with one attached hydrogen (secondary N) is 2. The summed E-state index contributed by atoms with van der Waals surface area (Å²) in [6.07, 6.45) is 3.78. The summed E-state index contributed by atoms with van der Waals surface area (Å²) in [5.41, 5.74) is 0.0114. The first-order chi connectivity index (χ1) is 13.8. The third-order valence-corrected chi connectivity index (χ3v) is 6.75. The van der Waals surface area contributed by atoms with E-state index in [0.717, 1.165) is 37.8 Å². The molecule has 0 radical (unpaired) electrons. The Bertz CT molecular complexity index is 994. The number of rotatable bonds is 6. The van der Waals surface area contributed by atoms with Crippen molar-refractivity contribution in [2.24, 2.45) is 5.92 Å². The van der Waals surface area contributed by atoms with Crippen LogP contribution < -0.4 is 14.8 Å². The van der Waals surface area contributed by atoms with Crippen LogP contribution in [0.15, 0.2) is 47.4 Å². The molecule has 6 nitrogen and oxygen atoms in total. The lowest BCUT2D eigenvalue weighted by molar-refractivity contribution is 0.102. The number of carbonyl (C=O) groups is 1. The van der Waals surface area contributed by atoms with Crippen molar-refractivity contribution >= 4 is 21.6 Å². The number of sulfonamides is 1. The Morgan fingerprint density at radius 1 is 1.14 bits per heavy atom. The normalized spacial score (nSPS) is 19.6. The predicted molar refractivity (Wildman–Crippen MR) is 109 cm³/mol. The van der Waals surface area contributed by atoms with E-state index in [-0.39, 0.29) is 22.4 Å². The van der Waals surface area contributed by atoms with Crippen molar-refractivity contribution in [1.29, 1.82) is 0 Å². The molecule has 0 bridgehead atoms. The summed E-state index contributed by atoms with van der Waals surface area (Å²) in [4.78, 5) is 12.5. The molecule has 0 unspecified atom stereocenters. The Labute approximate surface area is 170 Å². The second kappa shape index (κ2) is 8.92. The van der Waals surface area contributed by atoms with Crippen molar-refractivity contribution in [1.82, 2.24) is 4.72 Å². The van der Waals surface area contributed by atoms with Gasteiger partial charge in [0.05, 0.1) is 23.3 Å². The molecule has 0 aliphatic heterocycles. The molecule has 0 aromatic heterocycles. The second-order valence-electron chi connectivity index (χ2n) is 7.29. The van der Waals surface area contributed by atoms with Crippen molar-refractivity contribution in [2.45, 2.75) is 43.5 Å². The van der Waals surface area contributed by atoms with E-state index in [1.165, 1.54) is 13.2 Å². The van der Waals surface area contributed by atoms with Crippen LogP contribution in [-0.4, -0.2) is 27.5 Å². The Morgan fingerprint density at radius 2 is 1.86 bits per heavy atom. The van der Waals surface area contributed by atoms with Gasteiger partial charge in [-0.3, -0.25) is 4.79 Å². The van der Waals surface area contributed by atoms with Gasteiger partial charge in [0.15, 0.2) is 0 Å². The molecule has 3 rings (SSSR count). The fraction of sp³-hybridized carbons (Fsp3) is 0.381. The first kappa shape index (κ1) is 21.3. The topological polar surface area (TPSA) is 84.5 Å². The van der Waals surface area contributed by atoms with Gasteiger partial charge in [-0.1, -0.05) is 31.9 Å². The molecule has 2 N–H and O–H groups in total. The molecule has 2 aromatic carbocycles. The number of amides is 1. The average molecular weight is 421 g/mol. The number of anilines is 1. The third kappa shape index (κ3) is 4.94. The maximum atomic E-state index is 14.3. The molecule has 2 atom stereocenters. The highest BCUT2D eigenvalue weighted by Crippen LogP contribution is 2.27. The summed E-state index contributed by atoms with van der Waals surface area (Å²) < 4.78 is 47.8. The second-order valence-corrected chi connectivity index (χ2v) is 9.00. The summed E-state index contributed by atoms with van der Waals surface area (Å²) in [5, 5.41) is 2.57. The number of carbonyl (C=O) groups excluding carboxylic acids is 1. The molecular weight excluding hydrogens is 395 g/mol. The highest BCUT2D eigenvalue weighted by Gasteiger charge is 2.28. The van der Waals surface area contributed by atoms with Crippen LogP contribution in [0.4, 0.5) is 10.1 Å². The first-order valence-electron chi connectivity index (χ1n) is 9.58. The van der Waals surface area contributed by atoms with Crippen molar-refractivity contribution < 1.29 is 22.3 Å². The predicted octanol–water partition coefficient (Wildman–Crippen LogP) is 3.94. The molecule has 156 valence electrons. The third-order valence-electron chi connectivity index (χ3n) is 5.27. The van der Waals surface area contributed by atoms with Crippen LogP contribution in [0, 0.1) is 11.7 Å². The van der Waals surface area contributed by atoms with E-state index >= 15 is 0 Å². The van der Waals surface area contributed by atoms with E-state index < -0.39 is 21.7 Å². The largest absolute Gasteiger partial charge is 0.495 e. The van der Waals surface area contributed by atoms with Crippen LogP contribution in [0.25, 0.3) is 0 Å². The molecule has 29 heavy (non-hydrogen) atoms. The number of benzene rings is 2. The maximum absolute atomic E-state index is 14.3. The number of halogens is 1. The van der Waals surface area contributed by atoms with Gasteiger partial charge < -0.3 is 10.1 Å². The summed E-state index contributed by atoms with van der Waals surface area (Å²) >= 11 is 0. The maximum Gasteiger partial charge on any atom is 0.258 e. The van der Waals surface area contributed by atoms with E-state index in [0.29, 0.717) is 11.4 Å². The lowest BCUT2D eigenvalue weighted by Crippen LogP contribution is -2.41. The number of hydrogen-bond acceptors (Lipinski definition) is 4. The van der Waals surface area contributed by atoms with Crippen LogP contribution >= 0.6 is 0 Å². The number of para-hydroxylation sites is 2. The molecular formula is C21H25FN2O4S. The van der Waals surface area contributed by atoms with Gasteiger partial charge in [0.25, 0.3) is 5.91 Å². The molecule has 0 heterocycles. The highest BCUT2D eigenvalue weighted by atomic mass is 32.2. The monoisotopic (exact) mass is 420 g/mol. The number of methoxy groups -OCH3 is 1. The summed E-state index contributed by atoms with van der Waals surface area (Å²) in [6.45, 7) is 2.02. The standard InChI is InChI=1S/C21H25FN2O4S/c1-14-7-3-4-8-18(14)24-29(26,27)15-11-12-17(22)16(13-15)21(25)23-19-9-5-6-10-20(19)28-2/h5-6,9-14,18,24H,3-4,7-8H2,1-2H3,(H,23,25)/t14-,18+/m1/s1. The minimum absolute atomic E-state index is 0.137. The van der Waals surface area contributed by atoms with Crippen molar-refractivity contribution in [3.63, 3.8) is 0 Å². The zero-order chi connectivity index (χ0) is 21.0. The average Bonchev–Trinajstić information content (AvgIpc) is 2.70. The molecule has 8 heteroatoms. The summed E-state index contributed by atoms with van der Waals surface area (Å²) in [7, 11) is -2.42. The SMILES string of the molecule is COc1ccccc1NC(=O)c1cc(S(=O)(=O)N[C@H]2CCCC[C@H]2C)ccc1F. The van der Waals surface area contributed by atoms with E-state index in [4.69, 9.17) is 4.74 Å². The Morgan fingerprint density at radius 3 is 2.59 bits per heavy atom. The van der Waals surface area contributed by atoms with Gasteiger partial charge in [-0.15, -0.1) is 0 Å². The van der Waals surface area contributed by atoms with Gasteiger partial charge >= 0.3 is 0 Å². The molecule has 0 saturated heterocycles. The summed E-state index contributed by atoms with van der Waals surface area (Å²) in [5.74, 6) is -0.914. The van der Waals surface area contributed by atoms with Gasteiger partial charge in [-0.2, -0.15) is 0 Å². The van der Waals surface area contributed by atoms with Gasteiger partial charge in [-0.25, -0.2) is 17.5 Å². The Kier molecular flexibility index (Phi) is 6.54. The lowest BCUT2D eigenvalue weighted by atomic mass is 9.87. The minimum atomic E-state index is -3.87. The van der Waals surface area contributed by atoms with Gasteiger partial charge in [0, 0.05) is 6.04 Å². The minimum Gasteiger partial charge on any atom is -0.495 e. The van der Waals surface area contributed by atoms with Gasteiger partial charge in [0.2, 0.25) is 10.0 Å². The number of hydrogen-bond donors (Lipinski definition) is 2. The molecule has 1 fully saturated rings. The smallest absolute Gasteiger partial charge is 0.258 e. The van der Waals surface area contributed by atoms with Gasteiger partial charge in [0.1, 0.15) is 11.6 Å². The van der Waals surface area contributed by atoms with Crippen molar-refractivity contribution in [3.8, 4) is 5.75 Å².